The first-order valence-corrected chi connectivity index (χ1v) is 7.55. The van der Waals surface area contributed by atoms with Crippen LogP contribution in [0.2, 0.25) is 5.02 Å². The molecule has 0 saturated carbocycles. The number of rotatable bonds is 3. The second-order valence-corrected chi connectivity index (χ2v) is 6.01. The molecule has 0 N–H and O–H groups in total. The van der Waals surface area contributed by atoms with E-state index >= 15 is 0 Å². The van der Waals surface area contributed by atoms with Crippen LogP contribution >= 0.6 is 27.5 Å². The van der Waals surface area contributed by atoms with Gasteiger partial charge in [0.15, 0.2) is 0 Å². The fourth-order valence-corrected chi connectivity index (χ4v) is 2.58. The van der Waals surface area contributed by atoms with Gasteiger partial charge in [0.05, 0.1) is 5.02 Å². The second kappa shape index (κ2) is 6.04. The molecule has 0 radical (unpaired) electrons. The molecule has 0 fully saturated rings. The molecular formula is C17H11BrClFO. The lowest BCUT2D eigenvalue weighted by molar-refractivity contribution is 0.306. The Kier molecular flexibility index (Phi) is 4.13. The number of ether oxygens (including phenoxy) is 1. The highest BCUT2D eigenvalue weighted by Gasteiger charge is 2.03. The van der Waals surface area contributed by atoms with Crippen molar-refractivity contribution in [2.24, 2.45) is 0 Å². The van der Waals surface area contributed by atoms with Crippen LogP contribution in [-0.2, 0) is 6.61 Å². The van der Waals surface area contributed by atoms with Gasteiger partial charge in [0, 0.05) is 4.47 Å². The Morgan fingerprint density at radius 1 is 0.952 bits per heavy atom. The summed E-state index contributed by atoms with van der Waals surface area (Å²) in [6.45, 7) is 0.302. The van der Waals surface area contributed by atoms with Gasteiger partial charge < -0.3 is 4.74 Å². The highest BCUT2D eigenvalue weighted by atomic mass is 79.9. The van der Waals surface area contributed by atoms with Gasteiger partial charge in [-0.25, -0.2) is 4.39 Å². The number of fused-ring (bicyclic) bond motifs is 1. The van der Waals surface area contributed by atoms with Crippen LogP contribution in [0.15, 0.2) is 59.1 Å². The first kappa shape index (κ1) is 14.4. The second-order valence-electron chi connectivity index (χ2n) is 4.69. The van der Waals surface area contributed by atoms with Crippen molar-refractivity contribution in [3.63, 3.8) is 0 Å². The molecule has 0 spiro atoms. The molecule has 4 heteroatoms. The van der Waals surface area contributed by atoms with Crippen LogP contribution in [0.4, 0.5) is 4.39 Å². The number of hydrogen-bond acceptors (Lipinski definition) is 1. The van der Waals surface area contributed by atoms with Crippen molar-refractivity contribution in [2.75, 3.05) is 0 Å². The maximum absolute atomic E-state index is 13.4. The molecule has 0 bridgehead atoms. The van der Waals surface area contributed by atoms with Crippen LogP contribution in [0.25, 0.3) is 10.8 Å². The molecule has 0 amide bonds. The molecule has 0 aromatic heterocycles. The van der Waals surface area contributed by atoms with Crippen LogP contribution in [0, 0.1) is 5.82 Å². The van der Waals surface area contributed by atoms with Gasteiger partial charge in [0.1, 0.15) is 18.2 Å². The fraction of sp³-hybridized carbons (Fsp3) is 0.0588. The molecule has 21 heavy (non-hydrogen) atoms. The van der Waals surface area contributed by atoms with Crippen molar-refractivity contribution in [1.29, 1.82) is 0 Å². The topological polar surface area (TPSA) is 9.23 Å². The zero-order valence-corrected chi connectivity index (χ0v) is 13.3. The first-order chi connectivity index (χ1) is 10.1. The predicted molar refractivity (Wildman–Crippen MR) is 87.4 cm³/mol. The Balaban J connectivity index is 1.78. The maximum atomic E-state index is 13.4. The van der Waals surface area contributed by atoms with Gasteiger partial charge in [-0.1, -0.05) is 45.7 Å². The Morgan fingerprint density at radius 2 is 1.71 bits per heavy atom. The molecule has 3 aromatic rings. The standard InChI is InChI=1S/C17H11BrClFO/c18-14-4-2-13-9-15(5-3-12(13)8-14)21-10-11-1-6-16(19)17(20)7-11/h1-9H,10H2. The van der Waals surface area contributed by atoms with Gasteiger partial charge in [-0.3, -0.25) is 0 Å². The zero-order chi connectivity index (χ0) is 14.8. The summed E-state index contributed by atoms with van der Waals surface area (Å²) >= 11 is 9.10. The zero-order valence-electron chi connectivity index (χ0n) is 10.9. The van der Waals surface area contributed by atoms with Gasteiger partial charge in [0.25, 0.3) is 0 Å². The average Bonchev–Trinajstić information content (AvgIpc) is 2.48. The molecule has 0 heterocycles. The summed E-state index contributed by atoms with van der Waals surface area (Å²) in [6, 6.07) is 16.6. The van der Waals surface area contributed by atoms with Crippen molar-refractivity contribution in [2.45, 2.75) is 6.61 Å². The smallest absolute Gasteiger partial charge is 0.142 e. The first-order valence-electron chi connectivity index (χ1n) is 6.38. The Hall–Kier alpha value is -1.58. The minimum atomic E-state index is -0.430. The van der Waals surface area contributed by atoms with Crippen molar-refractivity contribution in [3.05, 3.63) is 75.5 Å². The van der Waals surface area contributed by atoms with E-state index in [1.54, 1.807) is 6.07 Å². The highest BCUT2D eigenvalue weighted by Crippen LogP contribution is 2.25. The summed E-state index contributed by atoms with van der Waals surface area (Å²) in [5, 5.41) is 2.35. The average molecular weight is 366 g/mol. The van der Waals surface area contributed by atoms with Crippen LogP contribution in [-0.4, -0.2) is 0 Å². The maximum Gasteiger partial charge on any atom is 0.142 e. The van der Waals surface area contributed by atoms with Gasteiger partial charge in [-0.2, -0.15) is 0 Å². The van der Waals surface area contributed by atoms with Crippen molar-refractivity contribution in [1.82, 2.24) is 0 Å². The SMILES string of the molecule is Fc1cc(COc2ccc3cc(Br)ccc3c2)ccc1Cl. The molecule has 1 nitrogen and oxygen atoms in total. The minimum absolute atomic E-state index is 0.120. The minimum Gasteiger partial charge on any atom is -0.489 e. The fourth-order valence-electron chi connectivity index (χ4n) is 2.08. The van der Waals surface area contributed by atoms with Gasteiger partial charge in [-0.15, -0.1) is 0 Å². The Morgan fingerprint density at radius 3 is 2.52 bits per heavy atom. The van der Waals surface area contributed by atoms with Gasteiger partial charge in [0.2, 0.25) is 0 Å². The van der Waals surface area contributed by atoms with Crippen molar-refractivity contribution >= 4 is 38.3 Å². The van der Waals surface area contributed by atoms with Crippen LogP contribution in [0.1, 0.15) is 5.56 Å². The van der Waals surface area contributed by atoms with E-state index in [1.807, 2.05) is 36.4 Å². The Bertz CT molecular complexity index is 804. The van der Waals surface area contributed by atoms with Gasteiger partial charge in [-0.05, 0) is 52.7 Å². The van der Waals surface area contributed by atoms with E-state index < -0.39 is 5.82 Å². The molecule has 3 aromatic carbocycles. The van der Waals surface area contributed by atoms with Gasteiger partial charge >= 0.3 is 0 Å². The summed E-state index contributed by atoms with van der Waals surface area (Å²) in [7, 11) is 0. The van der Waals surface area contributed by atoms with E-state index in [0.29, 0.717) is 6.61 Å². The molecule has 0 aliphatic rings. The van der Waals surface area contributed by atoms with E-state index in [0.717, 1.165) is 26.6 Å². The number of hydrogen-bond donors (Lipinski definition) is 0. The number of benzene rings is 3. The largest absolute Gasteiger partial charge is 0.489 e. The molecule has 0 aliphatic heterocycles. The summed E-state index contributed by atoms with van der Waals surface area (Å²) in [4.78, 5) is 0. The third kappa shape index (κ3) is 3.36. The van der Waals surface area contributed by atoms with Crippen LogP contribution in [0.5, 0.6) is 5.75 Å². The third-order valence-corrected chi connectivity index (χ3v) is 3.96. The monoisotopic (exact) mass is 364 g/mol. The molecule has 106 valence electrons. The summed E-state index contributed by atoms with van der Waals surface area (Å²) in [5.74, 6) is 0.321. The molecule has 0 atom stereocenters. The molecule has 0 saturated heterocycles. The van der Waals surface area contributed by atoms with E-state index in [4.69, 9.17) is 16.3 Å². The Labute approximate surface area is 135 Å². The predicted octanol–water partition coefficient (Wildman–Crippen LogP) is 5.97. The summed E-state index contributed by atoms with van der Waals surface area (Å²) in [6.07, 6.45) is 0. The highest BCUT2D eigenvalue weighted by molar-refractivity contribution is 9.10. The van der Waals surface area contributed by atoms with Crippen LogP contribution < -0.4 is 4.74 Å². The quantitative estimate of drug-likeness (QED) is 0.555. The normalized spacial score (nSPS) is 10.8. The lowest BCUT2D eigenvalue weighted by Crippen LogP contribution is -1.96. The lowest BCUT2D eigenvalue weighted by atomic mass is 10.1. The summed E-state index contributed by atoms with van der Waals surface area (Å²) < 4.78 is 20.1. The summed E-state index contributed by atoms with van der Waals surface area (Å²) in [5.41, 5.74) is 0.743. The molecule has 3 rings (SSSR count). The van der Waals surface area contributed by atoms with E-state index in [1.165, 1.54) is 12.1 Å². The number of halogens is 3. The molecule has 0 unspecified atom stereocenters. The lowest BCUT2D eigenvalue weighted by Gasteiger charge is -2.08. The van der Waals surface area contributed by atoms with E-state index in [2.05, 4.69) is 15.9 Å². The van der Waals surface area contributed by atoms with E-state index in [-0.39, 0.29) is 5.02 Å². The van der Waals surface area contributed by atoms with Crippen molar-refractivity contribution < 1.29 is 9.13 Å². The van der Waals surface area contributed by atoms with Crippen molar-refractivity contribution in [3.8, 4) is 5.75 Å². The van der Waals surface area contributed by atoms with Crippen LogP contribution in [0.3, 0.4) is 0 Å². The molecule has 0 aliphatic carbocycles. The molecular weight excluding hydrogens is 355 g/mol. The van der Waals surface area contributed by atoms with E-state index in [9.17, 15) is 4.39 Å². The third-order valence-electron chi connectivity index (χ3n) is 3.16.